The Morgan fingerprint density at radius 3 is 2.25 bits per heavy atom. The topological polar surface area (TPSA) is 4.93 Å². The van der Waals surface area contributed by atoms with Gasteiger partial charge >= 0.3 is 167 Å². The van der Waals surface area contributed by atoms with Gasteiger partial charge in [-0.2, -0.15) is 0 Å². The number of aromatic nitrogens is 1. The van der Waals surface area contributed by atoms with E-state index < -0.39 is 23.2 Å². The van der Waals surface area contributed by atoms with Crippen LogP contribution in [0.2, 0.25) is 0 Å². The van der Waals surface area contributed by atoms with Gasteiger partial charge in [-0.3, -0.25) is 0 Å². The monoisotopic (exact) mass is 483 g/mol. The summed E-state index contributed by atoms with van der Waals surface area (Å²) in [4.78, 5) is 0. The normalized spacial score (nSPS) is 18.4. The first-order valence-electron chi connectivity index (χ1n) is 9.20. The Balaban J connectivity index is 0.00000112. The van der Waals surface area contributed by atoms with Gasteiger partial charge in [0.25, 0.3) is 0 Å². The summed E-state index contributed by atoms with van der Waals surface area (Å²) in [6, 6.07) is 20.2. The number of halogens is 2. The first kappa shape index (κ1) is 21.4. The van der Waals surface area contributed by atoms with Crippen molar-refractivity contribution in [2.75, 3.05) is 0 Å². The molecule has 0 amide bonds. The van der Waals surface area contributed by atoms with Crippen LogP contribution >= 0.6 is 0 Å². The molecule has 2 aromatic carbocycles. The Morgan fingerprint density at radius 1 is 0.857 bits per heavy atom. The molecule has 2 unspecified atom stereocenters. The minimum Gasteiger partial charge on any atom is -1.00 e. The maximum absolute atomic E-state index is 2.46. The first-order valence-corrected chi connectivity index (χ1v) is 12.0. The zero-order valence-corrected chi connectivity index (χ0v) is 19.8. The molecule has 2 aliphatic carbocycles. The molecule has 0 aliphatic heterocycles. The van der Waals surface area contributed by atoms with Gasteiger partial charge < -0.3 is 24.8 Å². The third-order valence-electron chi connectivity index (χ3n) is 5.48. The van der Waals surface area contributed by atoms with Gasteiger partial charge in [0, 0.05) is 0 Å². The largest absolute Gasteiger partial charge is 1.00 e. The summed E-state index contributed by atoms with van der Waals surface area (Å²) in [7, 11) is 0. The molecular weight excluding hydrogens is 464 g/mol. The maximum Gasteiger partial charge on any atom is -1.00 e. The van der Waals surface area contributed by atoms with Crippen LogP contribution in [0.1, 0.15) is 40.8 Å². The van der Waals surface area contributed by atoms with E-state index in [0.717, 1.165) is 0 Å². The second-order valence-electron chi connectivity index (χ2n) is 7.29. The molecule has 1 aromatic heterocycles. The van der Waals surface area contributed by atoms with Gasteiger partial charge in [0.15, 0.2) is 0 Å². The van der Waals surface area contributed by atoms with Crippen molar-refractivity contribution >= 4 is 17.8 Å². The molecule has 0 N–H and O–H groups in total. The number of aryl methyl sites for hydroxylation is 2. The van der Waals surface area contributed by atoms with Crippen molar-refractivity contribution in [3.8, 4) is 0 Å². The predicted octanol–water partition coefficient (Wildman–Crippen LogP) is 0.0163. The summed E-state index contributed by atoms with van der Waals surface area (Å²) < 4.78 is 3.69. The molecule has 3 aromatic rings. The van der Waals surface area contributed by atoms with Crippen molar-refractivity contribution in [3.63, 3.8) is 0 Å². The third-order valence-corrected chi connectivity index (χ3v) is 9.91. The van der Waals surface area contributed by atoms with Crippen LogP contribution in [0.3, 0.4) is 0 Å². The van der Waals surface area contributed by atoms with Crippen molar-refractivity contribution < 1.29 is 48.0 Å². The van der Waals surface area contributed by atoms with E-state index in [2.05, 4.69) is 97.4 Å². The average molecular weight is 486 g/mol. The van der Waals surface area contributed by atoms with Crippen LogP contribution in [0.5, 0.6) is 0 Å². The molecule has 0 saturated heterocycles. The molecule has 2 aliphatic rings. The fraction of sp³-hybridized carbons (Fsp3) is 0.167. The quantitative estimate of drug-likeness (QED) is 0.493. The molecular formula is C24H21Cl2NZr. The van der Waals surface area contributed by atoms with Gasteiger partial charge in [-0.25, -0.2) is 0 Å². The van der Waals surface area contributed by atoms with Gasteiger partial charge in [0.2, 0.25) is 0 Å². The summed E-state index contributed by atoms with van der Waals surface area (Å²) in [5.41, 5.74) is 10.1. The molecule has 0 radical (unpaired) electrons. The number of hydrogen-bond acceptors (Lipinski definition) is 0. The maximum atomic E-state index is 2.46. The zero-order chi connectivity index (χ0) is 17.7. The Hall–Kier alpha value is -1.34. The average Bonchev–Trinajstić information content (AvgIpc) is 3.31. The molecule has 5 rings (SSSR count). The minimum atomic E-state index is -0.773. The zero-order valence-electron chi connectivity index (χ0n) is 15.9. The Labute approximate surface area is 190 Å². The second kappa shape index (κ2) is 8.58. The van der Waals surface area contributed by atoms with Crippen LogP contribution in [-0.2, 0) is 23.2 Å². The summed E-state index contributed by atoms with van der Waals surface area (Å²) in [5.74, 6) is 0. The summed E-state index contributed by atoms with van der Waals surface area (Å²) in [6.07, 6.45) is 9.52. The fourth-order valence-corrected chi connectivity index (χ4v) is 8.82. The van der Waals surface area contributed by atoms with Crippen LogP contribution in [-0.4, -0.2) is 4.57 Å². The third kappa shape index (κ3) is 3.63. The van der Waals surface area contributed by atoms with Gasteiger partial charge in [0.1, 0.15) is 0 Å². The van der Waals surface area contributed by atoms with Crippen molar-refractivity contribution in [2.24, 2.45) is 0 Å². The molecule has 0 saturated carbocycles. The Bertz CT molecular complexity index is 1060. The van der Waals surface area contributed by atoms with Gasteiger partial charge in [-0.05, 0) is 0 Å². The van der Waals surface area contributed by atoms with E-state index in [0.29, 0.717) is 7.25 Å². The molecule has 2 atom stereocenters. The summed E-state index contributed by atoms with van der Waals surface area (Å²) in [5, 5.41) is 0. The number of rotatable bonds is 3. The van der Waals surface area contributed by atoms with E-state index in [1.807, 2.05) is 0 Å². The molecule has 28 heavy (non-hydrogen) atoms. The Morgan fingerprint density at radius 2 is 1.54 bits per heavy atom. The van der Waals surface area contributed by atoms with Crippen molar-refractivity contribution in [1.29, 1.82) is 0 Å². The van der Waals surface area contributed by atoms with E-state index >= 15 is 0 Å². The van der Waals surface area contributed by atoms with Crippen LogP contribution < -0.4 is 24.8 Å². The Kier molecular flexibility index (Phi) is 6.55. The molecule has 0 fully saturated rings. The van der Waals surface area contributed by atoms with Crippen molar-refractivity contribution in [2.45, 2.75) is 21.1 Å². The molecule has 1 heterocycles. The molecule has 1 nitrogen and oxygen atoms in total. The van der Waals surface area contributed by atoms with E-state index in [4.69, 9.17) is 0 Å². The van der Waals surface area contributed by atoms with E-state index in [1.54, 1.807) is 5.56 Å². The molecule has 4 heteroatoms. The smallest absolute Gasteiger partial charge is 1.00 e. The van der Waals surface area contributed by atoms with Gasteiger partial charge in [-0.15, -0.1) is 0 Å². The summed E-state index contributed by atoms with van der Waals surface area (Å²) in [6.45, 7) is 4.42. The first-order chi connectivity index (χ1) is 12.7. The van der Waals surface area contributed by atoms with E-state index in [1.165, 1.54) is 33.6 Å². The molecule has 0 spiro atoms. The fourth-order valence-electron chi connectivity index (χ4n) is 4.29. The van der Waals surface area contributed by atoms with E-state index in [9.17, 15) is 0 Å². The summed E-state index contributed by atoms with van der Waals surface area (Å²) >= 11 is -0.773. The molecule has 0 bridgehead atoms. The number of hydrogen-bond donors (Lipinski definition) is 0. The standard InChI is InChI=1S/C15H14N.C9H7.2ClH.Zr/c1-11-7-12(2)16(10-11)15-8-13-5-3-4-6-14(13)9-15;1-2-5-9-7-3-6-8(9)4-1;;;/h3-10H,1-2H3;1-7H;2*1H;/q;;;;+2/p-2. The number of allylic oxidation sites excluding steroid dienone is 2. The molecule has 140 valence electrons. The van der Waals surface area contributed by atoms with Crippen molar-refractivity contribution in [1.82, 2.24) is 4.57 Å². The SMILES string of the molecule is Cc1cc(C)n(C2=Cc3ccccc3[CH]2[Zr+2][CH]2C=Cc3ccccc32)c1.[Cl-].[Cl-]. The second-order valence-corrected chi connectivity index (χ2v) is 11.1. The number of benzene rings is 2. The minimum absolute atomic E-state index is 0. The van der Waals surface area contributed by atoms with Crippen LogP contribution in [0, 0.1) is 13.8 Å². The van der Waals surface area contributed by atoms with E-state index in [-0.39, 0.29) is 24.8 Å². The van der Waals surface area contributed by atoms with Gasteiger partial charge in [0.05, 0.1) is 0 Å². The van der Waals surface area contributed by atoms with Gasteiger partial charge in [-0.1, -0.05) is 0 Å². The number of fused-ring (bicyclic) bond motifs is 2. The predicted molar refractivity (Wildman–Crippen MR) is 105 cm³/mol. The number of nitrogens with zero attached hydrogens (tertiary/aromatic N) is 1. The van der Waals surface area contributed by atoms with Crippen LogP contribution in [0.25, 0.3) is 17.8 Å². The van der Waals surface area contributed by atoms with Crippen LogP contribution in [0.15, 0.2) is 66.9 Å². The van der Waals surface area contributed by atoms with Crippen molar-refractivity contribution in [3.05, 3.63) is 100 Å². The van der Waals surface area contributed by atoms with Crippen LogP contribution in [0.4, 0.5) is 0 Å².